The Morgan fingerprint density at radius 3 is 2.56 bits per heavy atom. The van der Waals surface area contributed by atoms with Gasteiger partial charge >= 0.3 is 0 Å². The summed E-state index contributed by atoms with van der Waals surface area (Å²) in [5.41, 5.74) is 0.990. The molecule has 0 amide bonds. The van der Waals surface area contributed by atoms with E-state index >= 15 is 0 Å². The monoisotopic (exact) mass is 650 g/mol. The molecular formula is C27H28ClFN6O6S2. The van der Waals surface area contributed by atoms with Gasteiger partial charge in [0.1, 0.15) is 34.9 Å². The van der Waals surface area contributed by atoms with Crippen molar-refractivity contribution in [3.05, 3.63) is 76.2 Å². The molecule has 1 fully saturated rings. The van der Waals surface area contributed by atoms with E-state index in [1.165, 1.54) is 30.0 Å². The van der Waals surface area contributed by atoms with Gasteiger partial charge in [-0.25, -0.2) is 22.8 Å². The maximum Gasteiger partial charge on any atom is 0.300 e. The van der Waals surface area contributed by atoms with E-state index in [2.05, 4.69) is 19.6 Å². The summed E-state index contributed by atoms with van der Waals surface area (Å²) in [5, 5.41) is -0.285. The second kappa shape index (κ2) is 13.0. The summed E-state index contributed by atoms with van der Waals surface area (Å²) in [6.07, 6.45) is 6.08. The van der Waals surface area contributed by atoms with E-state index in [0.29, 0.717) is 36.4 Å². The predicted molar refractivity (Wildman–Crippen MR) is 161 cm³/mol. The zero-order valence-electron chi connectivity index (χ0n) is 23.2. The molecule has 5 rings (SSSR count). The molecule has 43 heavy (non-hydrogen) atoms. The van der Waals surface area contributed by atoms with Crippen LogP contribution in [0.4, 0.5) is 10.1 Å². The number of fused-ring (bicyclic) bond motifs is 1. The number of ether oxygens (including phenoxy) is 2. The summed E-state index contributed by atoms with van der Waals surface area (Å²) in [4.78, 5) is 23.7. The summed E-state index contributed by atoms with van der Waals surface area (Å²) < 4.78 is 67.9. The van der Waals surface area contributed by atoms with Crippen LogP contribution in [0.1, 0.15) is 0 Å². The van der Waals surface area contributed by atoms with E-state index < -0.39 is 32.8 Å². The SMILES string of the molecule is COc1ncc(-c2ccc3ncc(OCCN4CCN([S+](C)[O-])CC4)c(=O)n3c2)cc1NS(=O)(=O)c1ccc(F)cc1Cl. The van der Waals surface area contributed by atoms with Crippen LogP contribution < -0.4 is 19.8 Å². The highest BCUT2D eigenvalue weighted by Crippen LogP contribution is 2.31. The number of sulfonamides is 1. The van der Waals surface area contributed by atoms with Crippen molar-refractivity contribution < 1.29 is 26.8 Å². The van der Waals surface area contributed by atoms with Gasteiger partial charge in [-0.05, 0) is 36.4 Å². The fraction of sp³-hybridized carbons (Fsp3) is 0.296. The number of piperazine rings is 1. The Hall–Kier alpha value is -3.47. The van der Waals surface area contributed by atoms with Crippen molar-refractivity contribution in [2.24, 2.45) is 0 Å². The van der Waals surface area contributed by atoms with Gasteiger partial charge in [-0.2, -0.15) is 0 Å². The van der Waals surface area contributed by atoms with E-state index in [0.717, 1.165) is 31.3 Å². The van der Waals surface area contributed by atoms with Gasteiger partial charge in [0.25, 0.3) is 15.6 Å². The zero-order valence-corrected chi connectivity index (χ0v) is 25.6. The van der Waals surface area contributed by atoms with Crippen LogP contribution in [0.25, 0.3) is 16.8 Å². The summed E-state index contributed by atoms with van der Waals surface area (Å²) in [6, 6.07) is 7.80. The number of anilines is 1. The van der Waals surface area contributed by atoms with E-state index in [1.807, 2.05) is 4.31 Å². The number of methoxy groups -OCH3 is 1. The Balaban J connectivity index is 1.36. The van der Waals surface area contributed by atoms with Crippen molar-refractivity contribution in [1.82, 2.24) is 23.6 Å². The number of halogens is 2. The van der Waals surface area contributed by atoms with Crippen LogP contribution in [0.5, 0.6) is 11.6 Å². The molecule has 12 nitrogen and oxygen atoms in total. The van der Waals surface area contributed by atoms with Crippen LogP contribution in [0, 0.1) is 5.82 Å². The molecule has 1 N–H and O–H groups in total. The number of nitrogens with zero attached hydrogens (tertiary/aromatic N) is 5. The third kappa shape index (κ3) is 7.03. The normalized spacial score (nSPS) is 15.4. The second-order valence-electron chi connectivity index (χ2n) is 9.58. The number of hydrogen-bond acceptors (Lipinski definition) is 10. The molecule has 1 aliphatic heterocycles. The Labute approximate surface area is 255 Å². The first-order chi connectivity index (χ1) is 20.6. The van der Waals surface area contributed by atoms with Crippen molar-refractivity contribution >= 4 is 44.3 Å². The summed E-state index contributed by atoms with van der Waals surface area (Å²) >= 11 is 5.00. The highest BCUT2D eigenvalue weighted by atomic mass is 35.5. The van der Waals surface area contributed by atoms with Crippen molar-refractivity contribution in [1.29, 1.82) is 0 Å². The maximum absolute atomic E-state index is 13.5. The van der Waals surface area contributed by atoms with Crippen molar-refractivity contribution in [2.45, 2.75) is 4.90 Å². The van der Waals surface area contributed by atoms with Crippen LogP contribution >= 0.6 is 11.6 Å². The molecule has 16 heteroatoms. The van der Waals surface area contributed by atoms with Crippen LogP contribution in [-0.2, 0) is 21.4 Å². The van der Waals surface area contributed by atoms with Crippen molar-refractivity contribution in [3.8, 4) is 22.8 Å². The molecular weight excluding hydrogens is 623 g/mol. The fourth-order valence-corrected chi connectivity index (χ4v) is 6.82. The Morgan fingerprint density at radius 2 is 1.86 bits per heavy atom. The Kier molecular flexibility index (Phi) is 9.39. The number of nitrogens with one attached hydrogen (secondary N) is 1. The summed E-state index contributed by atoms with van der Waals surface area (Å²) in [6.45, 7) is 3.80. The van der Waals surface area contributed by atoms with Crippen molar-refractivity contribution in [2.75, 3.05) is 57.4 Å². The molecule has 0 aliphatic carbocycles. The summed E-state index contributed by atoms with van der Waals surface area (Å²) in [7, 11) is -2.90. The molecule has 1 saturated heterocycles. The fourth-order valence-electron chi connectivity index (χ4n) is 4.56. The first-order valence-electron chi connectivity index (χ1n) is 13.0. The first kappa shape index (κ1) is 31.0. The maximum atomic E-state index is 13.5. The van der Waals surface area contributed by atoms with Gasteiger partial charge in [0.2, 0.25) is 11.6 Å². The molecule has 0 spiro atoms. The smallest absolute Gasteiger partial charge is 0.300 e. The number of pyridine rings is 2. The average molecular weight is 651 g/mol. The largest absolute Gasteiger partial charge is 0.598 e. The number of hydrogen-bond donors (Lipinski definition) is 1. The molecule has 3 aromatic heterocycles. The molecule has 1 aliphatic rings. The van der Waals surface area contributed by atoms with Gasteiger partial charge < -0.3 is 14.0 Å². The molecule has 0 radical (unpaired) electrons. The van der Waals surface area contributed by atoms with Crippen LogP contribution in [0.2, 0.25) is 5.02 Å². The van der Waals surface area contributed by atoms with Crippen LogP contribution in [-0.4, -0.2) is 89.2 Å². The lowest BCUT2D eigenvalue weighted by atomic mass is 10.1. The third-order valence-corrected chi connectivity index (χ3v) is 9.78. The van der Waals surface area contributed by atoms with E-state index in [1.54, 1.807) is 24.6 Å². The first-order valence-corrected chi connectivity index (χ1v) is 16.4. The van der Waals surface area contributed by atoms with Gasteiger partial charge in [0.05, 0.1) is 31.4 Å². The third-order valence-electron chi connectivity index (χ3n) is 6.84. The predicted octanol–water partition coefficient (Wildman–Crippen LogP) is 2.65. The topological polar surface area (TPSA) is 141 Å². The van der Waals surface area contributed by atoms with E-state index in [-0.39, 0.29) is 33.8 Å². The average Bonchev–Trinajstić information content (AvgIpc) is 2.98. The number of rotatable bonds is 10. The van der Waals surface area contributed by atoms with Gasteiger partial charge in [-0.3, -0.25) is 18.8 Å². The van der Waals surface area contributed by atoms with Gasteiger partial charge in [-0.15, -0.1) is 4.31 Å². The molecule has 228 valence electrons. The quantitative estimate of drug-likeness (QED) is 0.255. The zero-order chi connectivity index (χ0) is 30.7. The number of benzene rings is 1. The standard InChI is InChI=1S/C27H28ClFN6O6S2/c1-40-26-22(32-43(38,39)24-5-4-20(29)14-21(24)28)13-19(15-31-26)18-3-6-25-30-16-23(27(36)35(25)17-18)41-12-11-33-7-9-34(10-8-33)42(2)37/h3-6,13-17,32H,7-12H2,1-2H3. The van der Waals surface area contributed by atoms with Crippen molar-refractivity contribution in [3.63, 3.8) is 0 Å². The molecule has 0 saturated carbocycles. The highest BCUT2D eigenvalue weighted by molar-refractivity contribution is 7.92. The molecule has 1 atom stereocenters. The lowest BCUT2D eigenvalue weighted by Gasteiger charge is -2.33. The van der Waals surface area contributed by atoms with Gasteiger partial charge in [0.15, 0.2) is 0 Å². The molecule has 1 unspecified atom stereocenters. The molecule has 4 heterocycles. The van der Waals surface area contributed by atoms with E-state index in [9.17, 15) is 22.2 Å². The lowest BCUT2D eigenvalue weighted by Crippen LogP contribution is -2.49. The van der Waals surface area contributed by atoms with Crippen LogP contribution in [0.3, 0.4) is 0 Å². The minimum absolute atomic E-state index is 0.00839. The van der Waals surface area contributed by atoms with Gasteiger partial charge in [-0.1, -0.05) is 11.6 Å². The van der Waals surface area contributed by atoms with Crippen LogP contribution in [0.15, 0.2) is 64.7 Å². The molecule has 0 bridgehead atoms. The van der Waals surface area contributed by atoms with Gasteiger partial charge in [0, 0.05) is 54.5 Å². The number of aromatic nitrogens is 3. The Morgan fingerprint density at radius 1 is 1.09 bits per heavy atom. The molecule has 1 aromatic carbocycles. The molecule has 4 aromatic rings. The second-order valence-corrected chi connectivity index (χ2v) is 13.0. The Bertz CT molecular complexity index is 1800. The highest BCUT2D eigenvalue weighted by Gasteiger charge is 2.23. The minimum Gasteiger partial charge on any atom is -0.598 e. The lowest BCUT2D eigenvalue weighted by molar-refractivity contribution is 0.158. The summed E-state index contributed by atoms with van der Waals surface area (Å²) in [5.74, 6) is -0.601. The minimum atomic E-state index is -4.23. The van der Waals surface area contributed by atoms with E-state index in [4.69, 9.17) is 21.1 Å².